The molecule has 6 heteroatoms. The van der Waals surface area contributed by atoms with E-state index in [1.807, 2.05) is 43.9 Å². The Morgan fingerprint density at radius 3 is 2.79 bits per heavy atom. The Balaban J connectivity index is 1.87. The van der Waals surface area contributed by atoms with E-state index in [0.717, 1.165) is 31.6 Å². The van der Waals surface area contributed by atoms with E-state index >= 15 is 0 Å². The van der Waals surface area contributed by atoms with Crippen LogP contribution in [0, 0.1) is 5.92 Å². The van der Waals surface area contributed by atoms with Crippen LogP contribution in [0.2, 0.25) is 5.02 Å². The van der Waals surface area contributed by atoms with Gasteiger partial charge in [-0.25, -0.2) is 4.79 Å². The molecule has 1 heterocycles. The number of methoxy groups -OCH3 is 1. The lowest BCUT2D eigenvalue weighted by Gasteiger charge is -2.34. The predicted molar refractivity (Wildman–Crippen MR) is 97.0 cm³/mol. The Hall–Kier alpha value is -1.62. The number of hydrogen-bond acceptors (Lipinski definition) is 4. The van der Waals surface area contributed by atoms with Gasteiger partial charge in [-0.2, -0.15) is 0 Å². The zero-order valence-electron chi connectivity index (χ0n) is 14.9. The van der Waals surface area contributed by atoms with Gasteiger partial charge in [0.05, 0.1) is 12.1 Å². The molecule has 1 aliphatic heterocycles. The highest BCUT2D eigenvalue weighted by atomic mass is 35.5. The first kappa shape index (κ1) is 18.7. The fourth-order valence-electron chi connectivity index (χ4n) is 2.76. The standard InChI is InChI=1S/C18H27ClN2O3/c1-18(2,3)24-17(22)21-9-5-6-13(12-21)11-20-14-7-8-16(23-4)15(19)10-14/h7-8,10,13,20H,5-6,9,11-12H2,1-4H3. The number of rotatable bonds is 4. The van der Waals surface area contributed by atoms with Gasteiger partial charge in [-0.1, -0.05) is 11.6 Å². The van der Waals surface area contributed by atoms with Crippen molar-refractivity contribution in [2.75, 3.05) is 32.1 Å². The van der Waals surface area contributed by atoms with E-state index in [4.69, 9.17) is 21.1 Å². The molecule has 1 aromatic rings. The van der Waals surface area contributed by atoms with Crippen LogP contribution in [0.3, 0.4) is 0 Å². The first-order valence-electron chi connectivity index (χ1n) is 8.34. The number of nitrogens with zero attached hydrogens (tertiary/aromatic N) is 1. The first-order valence-corrected chi connectivity index (χ1v) is 8.71. The first-order chi connectivity index (χ1) is 11.3. The quantitative estimate of drug-likeness (QED) is 0.870. The molecule has 134 valence electrons. The Morgan fingerprint density at radius 1 is 1.42 bits per heavy atom. The third kappa shape index (κ3) is 5.48. The summed E-state index contributed by atoms with van der Waals surface area (Å²) < 4.78 is 10.6. The Kier molecular flexibility index (Phi) is 6.21. The van der Waals surface area contributed by atoms with Crippen molar-refractivity contribution in [1.29, 1.82) is 0 Å². The molecule has 1 N–H and O–H groups in total. The molecule has 1 atom stereocenters. The minimum Gasteiger partial charge on any atom is -0.495 e. The number of anilines is 1. The molecule has 0 spiro atoms. The van der Waals surface area contributed by atoms with E-state index in [0.29, 0.717) is 23.2 Å². The molecule has 2 rings (SSSR count). The monoisotopic (exact) mass is 354 g/mol. The van der Waals surface area contributed by atoms with E-state index in [-0.39, 0.29) is 6.09 Å². The highest BCUT2D eigenvalue weighted by Crippen LogP contribution is 2.28. The summed E-state index contributed by atoms with van der Waals surface area (Å²) in [5, 5.41) is 3.98. The lowest BCUT2D eigenvalue weighted by atomic mass is 9.98. The van der Waals surface area contributed by atoms with Crippen LogP contribution in [0.25, 0.3) is 0 Å². The summed E-state index contributed by atoms with van der Waals surface area (Å²) in [5.41, 5.74) is 0.498. The van der Waals surface area contributed by atoms with Crippen molar-refractivity contribution in [3.05, 3.63) is 23.2 Å². The van der Waals surface area contributed by atoms with Crippen molar-refractivity contribution in [3.63, 3.8) is 0 Å². The van der Waals surface area contributed by atoms with E-state index in [2.05, 4.69) is 5.32 Å². The number of ether oxygens (including phenoxy) is 2. The fourth-order valence-corrected chi connectivity index (χ4v) is 3.02. The number of halogens is 1. The molecular formula is C18H27ClN2O3. The molecule has 1 saturated heterocycles. The molecule has 0 radical (unpaired) electrons. The largest absolute Gasteiger partial charge is 0.495 e. The summed E-state index contributed by atoms with van der Waals surface area (Å²) in [6.45, 7) is 7.94. The molecule has 0 aromatic heterocycles. The number of carbonyl (C=O) groups excluding carboxylic acids is 1. The minimum absolute atomic E-state index is 0.223. The highest BCUT2D eigenvalue weighted by molar-refractivity contribution is 6.32. The average molecular weight is 355 g/mol. The minimum atomic E-state index is -0.456. The second-order valence-electron chi connectivity index (χ2n) is 7.16. The van der Waals surface area contributed by atoms with Crippen LogP contribution in [0.4, 0.5) is 10.5 Å². The maximum absolute atomic E-state index is 12.2. The Bertz CT molecular complexity index is 572. The zero-order chi connectivity index (χ0) is 17.7. The third-order valence-corrected chi connectivity index (χ3v) is 4.21. The molecular weight excluding hydrogens is 328 g/mol. The summed E-state index contributed by atoms with van der Waals surface area (Å²) in [4.78, 5) is 14.0. The van der Waals surface area contributed by atoms with Gasteiger partial charge in [-0.3, -0.25) is 0 Å². The van der Waals surface area contributed by atoms with Crippen LogP contribution >= 0.6 is 11.6 Å². The Morgan fingerprint density at radius 2 is 2.17 bits per heavy atom. The van der Waals surface area contributed by atoms with Gasteiger partial charge in [-0.05, 0) is 57.7 Å². The molecule has 0 aliphatic carbocycles. The van der Waals surface area contributed by atoms with Gasteiger partial charge < -0.3 is 19.7 Å². The van der Waals surface area contributed by atoms with Crippen LogP contribution < -0.4 is 10.1 Å². The van der Waals surface area contributed by atoms with Crippen LogP contribution in [-0.4, -0.2) is 43.3 Å². The molecule has 1 aliphatic rings. The number of carbonyl (C=O) groups is 1. The van der Waals surface area contributed by atoms with E-state index in [1.165, 1.54) is 0 Å². The van der Waals surface area contributed by atoms with Crippen molar-refractivity contribution in [2.45, 2.75) is 39.2 Å². The van der Waals surface area contributed by atoms with Gasteiger partial charge in [-0.15, -0.1) is 0 Å². The van der Waals surface area contributed by atoms with Crippen LogP contribution in [0.15, 0.2) is 18.2 Å². The zero-order valence-corrected chi connectivity index (χ0v) is 15.7. The summed E-state index contributed by atoms with van der Waals surface area (Å²) in [6.07, 6.45) is 1.87. The van der Waals surface area contributed by atoms with Gasteiger partial charge in [0.2, 0.25) is 0 Å². The fraction of sp³-hybridized carbons (Fsp3) is 0.611. The number of likely N-dealkylation sites (tertiary alicyclic amines) is 1. The molecule has 24 heavy (non-hydrogen) atoms. The van der Waals surface area contributed by atoms with Crippen molar-refractivity contribution in [1.82, 2.24) is 4.90 Å². The smallest absolute Gasteiger partial charge is 0.410 e. The van der Waals surface area contributed by atoms with E-state index < -0.39 is 5.60 Å². The maximum atomic E-state index is 12.2. The van der Waals surface area contributed by atoms with Gasteiger partial charge in [0.25, 0.3) is 0 Å². The van der Waals surface area contributed by atoms with Crippen molar-refractivity contribution < 1.29 is 14.3 Å². The van der Waals surface area contributed by atoms with E-state index in [9.17, 15) is 4.79 Å². The molecule has 1 unspecified atom stereocenters. The predicted octanol–water partition coefficient (Wildman–Crippen LogP) is 4.41. The molecule has 5 nitrogen and oxygen atoms in total. The third-order valence-electron chi connectivity index (χ3n) is 3.92. The SMILES string of the molecule is COc1ccc(NCC2CCCN(C(=O)OC(C)(C)C)C2)cc1Cl. The summed E-state index contributed by atoms with van der Waals surface area (Å²) in [5.74, 6) is 1.06. The summed E-state index contributed by atoms with van der Waals surface area (Å²) >= 11 is 6.14. The van der Waals surface area contributed by atoms with E-state index in [1.54, 1.807) is 7.11 Å². The number of hydrogen-bond donors (Lipinski definition) is 1. The van der Waals surface area contributed by atoms with Gasteiger partial charge in [0, 0.05) is 25.3 Å². The number of nitrogens with one attached hydrogen (secondary N) is 1. The topological polar surface area (TPSA) is 50.8 Å². The number of benzene rings is 1. The highest BCUT2D eigenvalue weighted by Gasteiger charge is 2.27. The number of amides is 1. The lowest BCUT2D eigenvalue weighted by molar-refractivity contribution is 0.0172. The van der Waals surface area contributed by atoms with Crippen LogP contribution in [-0.2, 0) is 4.74 Å². The second kappa shape index (κ2) is 7.97. The summed E-state index contributed by atoms with van der Waals surface area (Å²) in [7, 11) is 1.60. The van der Waals surface area contributed by atoms with Crippen molar-refractivity contribution >= 4 is 23.4 Å². The van der Waals surface area contributed by atoms with Gasteiger partial charge >= 0.3 is 6.09 Å². The van der Waals surface area contributed by atoms with Crippen molar-refractivity contribution in [3.8, 4) is 5.75 Å². The normalized spacial score (nSPS) is 18.2. The van der Waals surface area contributed by atoms with Gasteiger partial charge in [0.1, 0.15) is 11.4 Å². The number of piperidine rings is 1. The summed E-state index contributed by atoms with van der Waals surface area (Å²) in [6, 6.07) is 5.65. The van der Waals surface area contributed by atoms with Crippen LogP contribution in [0.1, 0.15) is 33.6 Å². The van der Waals surface area contributed by atoms with Crippen molar-refractivity contribution in [2.24, 2.45) is 5.92 Å². The lowest BCUT2D eigenvalue weighted by Crippen LogP contribution is -2.44. The molecule has 1 aromatic carbocycles. The average Bonchev–Trinajstić information content (AvgIpc) is 2.52. The Labute approximate surface area is 149 Å². The maximum Gasteiger partial charge on any atom is 0.410 e. The molecule has 0 bridgehead atoms. The molecule has 0 saturated carbocycles. The molecule has 1 fully saturated rings. The second-order valence-corrected chi connectivity index (χ2v) is 7.57. The molecule has 1 amide bonds. The van der Waals surface area contributed by atoms with Crippen LogP contribution in [0.5, 0.6) is 5.75 Å². The van der Waals surface area contributed by atoms with Gasteiger partial charge in [0.15, 0.2) is 0 Å².